The molecular weight excluding hydrogens is 517 g/mol. The van der Waals surface area contributed by atoms with Gasteiger partial charge >= 0.3 is 12.1 Å². The zero-order valence-electron chi connectivity index (χ0n) is 20.8. The van der Waals surface area contributed by atoms with Crippen LogP contribution in [0.3, 0.4) is 0 Å². The van der Waals surface area contributed by atoms with Crippen molar-refractivity contribution in [3.8, 4) is 17.2 Å². The van der Waals surface area contributed by atoms with Crippen molar-refractivity contribution in [2.24, 2.45) is 0 Å². The lowest BCUT2D eigenvalue weighted by atomic mass is 10.1. The largest absolute Gasteiger partial charge is 0.478 e. The lowest BCUT2D eigenvalue weighted by Crippen LogP contribution is -2.32. The Bertz CT molecular complexity index is 1550. The summed E-state index contributed by atoms with van der Waals surface area (Å²) in [7, 11) is 0. The molecule has 2 aromatic carbocycles. The van der Waals surface area contributed by atoms with Crippen LogP contribution in [0.1, 0.15) is 40.6 Å². The number of halogens is 3. The van der Waals surface area contributed by atoms with E-state index in [1.807, 2.05) is 24.0 Å². The second kappa shape index (κ2) is 10.8. The van der Waals surface area contributed by atoms with Crippen molar-refractivity contribution in [2.45, 2.75) is 32.6 Å². The van der Waals surface area contributed by atoms with E-state index in [4.69, 9.17) is 18.6 Å². The molecule has 5 rings (SSSR count). The van der Waals surface area contributed by atoms with Gasteiger partial charge < -0.3 is 18.6 Å². The van der Waals surface area contributed by atoms with Crippen LogP contribution in [0.25, 0.3) is 11.0 Å². The predicted octanol–water partition coefficient (Wildman–Crippen LogP) is 5.92. The number of fused-ring (bicyclic) bond motifs is 3. The maximum atomic E-state index is 14.1. The lowest BCUT2D eigenvalue weighted by Gasteiger charge is -2.29. The lowest BCUT2D eigenvalue weighted by molar-refractivity contribution is -0.154. The summed E-state index contributed by atoms with van der Waals surface area (Å²) in [4.78, 5) is 31.2. The fourth-order valence-corrected chi connectivity index (χ4v) is 4.18. The molecular formula is C28H23F3N2O6. The van der Waals surface area contributed by atoms with Crippen LogP contribution in [-0.2, 0) is 24.0 Å². The molecule has 0 unspecified atom stereocenters. The maximum Gasteiger partial charge on any atom is 0.453 e. The normalized spacial score (nSPS) is 13.5. The van der Waals surface area contributed by atoms with E-state index in [0.29, 0.717) is 24.3 Å². The first-order chi connectivity index (χ1) is 18.7. The minimum Gasteiger partial charge on any atom is -0.478 e. The van der Waals surface area contributed by atoms with Crippen molar-refractivity contribution >= 4 is 16.9 Å². The van der Waals surface area contributed by atoms with E-state index in [0.717, 1.165) is 5.56 Å². The molecule has 1 aliphatic heterocycles. The fourth-order valence-electron chi connectivity index (χ4n) is 4.18. The topological polar surface area (TPSA) is 91.1 Å². The van der Waals surface area contributed by atoms with Crippen LogP contribution in [0.15, 0.2) is 70.1 Å². The van der Waals surface area contributed by atoms with Gasteiger partial charge in [0.05, 0.1) is 23.1 Å². The van der Waals surface area contributed by atoms with Gasteiger partial charge in [0, 0.05) is 25.5 Å². The molecule has 1 aliphatic rings. The van der Waals surface area contributed by atoms with Gasteiger partial charge in [0.15, 0.2) is 0 Å². The molecule has 0 radical (unpaired) electrons. The van der Waals surface area contributed by atoms with E-state index in [2.05, 4.69) is 4.98 Å². The number of esters is 1. The van der Waals surface area contributed by atoms with Crippen molar-refractivity contribution in [3.05, 3.63) is 93.6 Å². The van der Waals surface area contributed by atoms with E-state index < -0.39 is 29.1 Å². The average Bonchev–Trinajstić information content (AvgIpc) is 2.93. The molecule has 3 heterocycles. The van der Waals surface area contributed by atoms with Crippen molar-refractivity contribution in [2.75, 3.05) is 13.3 Å². The van der Waals surface area contributed by atoms with E-state index in [1.165, 1.54) is 36.4 Å². The number of hydrogen-bond acceptors (Lipinski definition) is 8. The van der Waals surface area contributed by atoms with Crippen LogP contribution in [-0.4, -0.2) is 29.2 Å². The highest BCUT2D eigenvalue weighted by atomic mass is 19.4. The molecule has 0 aliphatic carbocycles. The Balaban J connectivity index is 1.50. The minimum atomic E-state index is -5.03. The van der Waals surface area contributed by atoms with Gasteiger partial charge in [-0.2, -0.15) is 13.2 Å². The molecule has 0 N–H and O–H groups in total. The van der Waals surface area contributed by atoms with Crippen LogP contribution in [0.2, 0.25) is 0 Å². The SMILES string of the molecule is CCCOC(=O)c1ccc(Oc2c(C(F)(F)F)oc3c4c(ccc3c2=O)OCN(Cc2ccncc2)C4)cc1. The quantitative estimate of drug-likeness (QED) is 0.267. The Morgan fingerprint density at radius 1 is 1.08 bits per heavy atom. The molecule has 202 valence electrons. The van der Waals surface area contributed by atoms with Gasteiger partial charge in [-0.3, -0.25) is 14.7 Å². The third-order valence-corrected chi connectivity index (χ3v) is 6.02. The molecule has 0 fully saturated rings. The smallest absolute Gasteiger partial charge is 0.453 e. The maximum absolute atomic E-state index is 14.1. The molecule has 11 heteroatoms. The molecule has 0 amide bonds. The molecule has 0 saturated heterocycles. The van der Waals surface area contributed by atoms with Crippen LogP contribution in [0, 0.1) is 0 Å². The summed E-state index contributed by atoms with van der Waals surface area (Å²) in [5.41, 5.74) is 0.266. The third kappa shape index (κ3) is 5.58. The van der Waals surface area contributed by atoms with E-state index in [1.54, 1.807) is 12.4 Å². The van der Waals surface area contributed by atoms with Gasteiger partial charge in [-0.25, -0.2) is 4.79 Å². The van der Waals surface area contributed by atoms with Crippen molar-refractivity contribution in [3.63, 3.8) is 0 Å². The Morgan fingerprint density at radius 2 is 1.82 bits per heavy atom. The number of carbonyl (C=O) groups is 1. The summed E-state index contributed by atoms with van der Waals surface area (Å²) in [5, 5.41) is -0.0779. The number of alkyl halides is 3. The first-order valence-corrected chi connectivity index (χ1v) is 12.1. The molecule has 2 aromatic heterocycles. The van der Waals surface area contributed by atoms with Crippen LogP contribution in [0.5, 0.6) is 17.2 Å². The van der Waals surface area contributed by atoms with Crippen LogP contribution >= 0.6 is 0 Å². The number of benzene rings is 2. The summed E-state index contributed by atoms with van der Waals surface area (Å²) in [6.07, 6.45) is -1.10. The highest BCUT2D eigenvalue weighted by Gasteiger charge is 2.41. The summed E-state index contributed by atoms with van der Waals surface area (Å²) in [6, 6.07) is 11.8. The molecule has 0 spiro atoms. The first kappa shape index (κ1) is 26.2. The summed E-state index contributed by atoms with van der Waals surface area (Å²) >= 11 is 0. The van der Waals surface area contributed by atoms with E-state index in [9.17, 15) is 22.8 Å². The zero-order chi connectivity index (χ0) is 27.6. The number of pyridine rings is 1. The number of hydrogen-bond donors (Lipinski definition) is 0. The summed E-state index contributed by atoms with van der Waals surface area (Å²) in [5.74, 6) is -2.88. The van der Waals surface area contributed by atoms with Gasteiger partial charge in [0.1, 0.15) is 23.8 Å². The summed E-state index contributed by atoms with van der Waals surface area (Å²) in [6.45, 7) is 2.95. The zero-order valence-corrected chi connectivity index (χ0v) is 20.8. The minimum absolute atomic E-state index is 0.0779. The Labute approximate surface area is 220 Å². The van der Waals surface area contributed by atoms with Crippen molar-refractivity contribution in [1.29, 1.82) is 0 Å². The summed E-state index contributed by atoms with van der Waals surface area (Å²) < 4.78 is 64.0. The first-order valence-electron chi connectivity index (χ1n) is 12.1. The molecule has 0 atom stereocenters. The molecule has 4 aromatic rings. The molecule has 8 nitrogen and oxygen atoms in total. The van der Waals surface area contributed by atoms with Gasteiger partial charge in [-0.15, -0.1) is 0 Å². The Hall–Kier alpha value is -4.38. The number of rotatable bonds is 7. The van der Waals surface area contributed by atoms with E-state index >= 15 is 0 Å². The van der Waals surface area contributed by atoms with Crippen molar-refractivity contribution < 1.29 is 36.6 Å². The second-order valence-electron chi connectivity index (χ2n) is 8.88. The fraction of sp³-hybridized carbons (Fsp3) is 0.250. The third-order valence-electron chi connectivity index (χ3n) is 6.02. The highest BCUT2D eigenvalue weighted by molar-refractivity contribution is 5.89. The average molecular weight is 540 g/mol. The van der Waals surface area contributed by atoms with Gasteiger partial charge in [-0.05, 0) is 60.5 Å². The molecule has 0 saturated carbocycles. The Morgan fingerprint density at radius 3 is 2.51 bits per heavy atom. The number of carbonyl (C=O) groups excluding carboxylic acids is 1. The van der Waals surface area contributed by atoms with Crippen LogP contribution in [0.4, 0.5) is 13.2 Å². The number of aromatic nitrogens is 1. The van der Waals surface area contributed by atoms with Gasteiger partial charge in [0.2, 0.25) is 11.2 Å². The Kier molecular flexibility index (Phi) is 7.25. The number of ether oxygens (including phenoxy) is 3. The van der Waals surface area contributed by atoms with Gasteiger partial charge in [0.25, 0.3) is 5.76 Å². The monoisotopic (exact) mass is 540 g/mol. The second-order valence-corrected chi connectivity index (χ2v) is 8.88. The molecule has 0 bridgehead atoms. The van der Waals surface area contributed by atoms with Crippen molar-refractivity contribution in [1.82, 2.24) is 9.88 Å². The molecule has 39 heavy (non-hydrogen) atoms. The number of nitrogens with zero attached hydrogens (tertiary/aromatic N) is 2. The van der Waals surface area contributed by atoms with Gasteiger partial charge in [-0.1, -0.05) is 6.92 Å². The van der Waals surface area contributed by atoms with E-state index in [-0.39, 0.29) is 42.2 Å². The van der Waals surface area contributed by atoms with Crippen LogP contribution < -0.4 is 14.9 Å². The predicted molar refractivity (Wildman–Crippen MR) is 134 cm³/mol. The standard InChI is InChI=1S/C28H23F3N2O6/c1-2-13-36-27(35)18-3-5-19(6-4-18)38-25-23(34)20-7-8-22-21(24(20)39-26(25)28(29,30)31)15-33(16-37-22)14-17-9-11-32-12-10-17/h3-12H,2,13-16H2,1H3. The highest BCUT2D eigenvalue weighted by Crippen LogP contribution is 2.41.